The molecule has 0 aromatic heterocycles. The number of nitrogens with one attached hydrogen (secondary N) is 1. The molecular formula is C16H24N2O3. The highest BCUT2D eigenvalue weighted by molar-refractivity contribution is 5.77. The summed E-state index contributed by atoms with van der Waals surface area (Å²) < 4.78 is 5.10. The molecule has 1 aromatic rings. The van der Waals surface area contributed by atoms with E-state index in [4.69, 9.17) is 4.74 Å². The van der Waals surface area contributed by atoms with E-state index in [1.54, 1.807) is 32.7 Å². The molecule has 0 spiro atoms. The highest BCUT2D eigenvalue weighted by Gasteiger charge is 2.16. The minimum absolute atomic E-state index is 0.0186. The lowest BCUT2D eigenvalue weighted by Gasteiger charge is -2.20. The predicted octanol–water partition coefficient (Wildman–Crippen LogP) is 2.56. The first-order valence-electron chi connectivity index (χ1n) is 7.02. The molecule has 1 rings (SSSR count). The fourth-order valence-corrected chi connectivity index (χ4v) is 1.72. The lowest BCUT2D eigenvalue weighted by molar-refractivity contribution is -0.130. The third kappa shape index (κ3) is 7.34. The second-order valence-corrected chi connectivity index (χ2v) is 5.91. The molecule has 0 radical (unpaired) electrons. The van der Waals surface area contributed by atoms with Gasteiger partial charge in [0.1, 0.15) is 5.60 Å². The highest BCUT2D eigenvalue weighted by atomic mass is 16.6. The Morgan fingerprint density at radius 1 is 1.19 bits per heavy atom. The summed E-state index contributed by atoms with van der Waals surface area (Å²) in [5.74, 6) is -0.0186. The second kappa shape index (κ2) is 7.67. The molecule has 0 bridgehead atoms. The number of hydrogen-bond donors (Lipinski definition) is 1. The minimum Gasteiger partial charge on any atom is -0.444 e. The smallest absolute Gasteiger partial charge is 0.407 e. The van der Waals surface area contributed by atoms with Crippen LogP contribution in [0.15, 0.2) is 30.3 Å². The zero-order chi connectivity index (χ0) is 15.9. The molecule has 1 N–H and O–H groups in total. The van der Waals surface area contributed by atoms with Gasteiger partial charge in [0.05, 0.1) is 0 Å². The van der Waals surface area contributed by atoms with E-state index in [0.717, 1.165) is 5.56 Å². The molecule has 0 unspecified atom stereocenters. The SMILES string of the molecule is CN(Cc1ccccc1)C(=O)CCNC(=O)OC(C)(C)C. The van der Waals surface area contributed by atoms with Crippen molar-refractivity contribution < 1.29 is 14.3 Å². The third-order valence-corrected chi connectivity index (χ3v) is 2.70. The van der Waals surface area contributed by atoms with E-state index in [1.807, 2.05) is 30.3 Å². The van der Waals surface area contributed by atoms with Gasteiger partial charge in [-0.1, -0.05) is 30.3 Å². The van der Waals surface area contributed by atoms with Crippen LogP contribution < -0.4 is 5.32 Å². The number of rotatable bonds is 5. The average Bonchev–Trinajstić information content (AvgIpc) is 2.37. The summed E-state index contributed by atoms with van der Waals surface area (Å²) in [7, 11) is 1.75. The monoisotopic (exact) mass is 292 g/mol. The van der Waals surface area contributed by atoms with Crippen LogP contribution in [0.2, 0.25) is 0 Å². The number of benzene rings is 1. The molecule has 0 heterocycles. The number of nitrogens with zero attached hydrogens (tertiary/aromatic N) is 1. The van der Waals surface area contributed by atoms with E-state index >= 15 is 0 Å². The zero-order valence-corrected chi connectivity index (χ0v) is 13.2. The van der Waals surface area contributed by atoms with E-state index in [2.05, 4.69) is 5.32 Å². The van der Waals surface area contributed by atoms with Crippen molar-refractivity contribution in [1.29, 1.82) is 0 Å². The average molecular weight is 292 g/mol. The van der Waals surface area contributed by atoms with Crippen LogP contribution in [0.4, 0.5) is 4.79 Å². The Hall–Kier alpha value is -2.04. The molecule has 0 fully saturated rings. The Bertz CT molecular complexity index is 466. The van der Waals surface area contributed by atoms with Gasteiger partial charge in [-0.25, -0.2) is 4.79 Å². The Morgan fingerprint density at radius 2 is 1.81 bits per heavy atom. The van der Waals surface area contributed by atoms with E-state index < -0.39 is 11.7 Å². The summed E-state index contributed by atoms with van der Waals surface area (Å²) in [6.45, 7) is 6.22. The summed E-state index contributed by atoms with van der Waals surface area (Å²) in [6.07, 6.45) is -0.247. The lowest BCUT2D eigenvalue weighted by atomic mass is 10.2. The number of hydrogen-bond acceptors (Lipinski definition) is 3. The Morgan fingerprint density at radius 3 is 2.38 bits per heavy atom. The van der Waals surface area contributed by atoms with Gasteiger partial charge in [-0.3, -0.25) is 4.79 Å². The van der Waals surface area contributed by atoms with Crippen molar-refractivity contribution in [3.63, 3.8) is 0 Å². The van der Waals surface area contributed by atoms with Crippen LogP contribution in [-0.4, -0.2) is 36.1 Å². The van der Waals surface area contributed by atoms with Crippen molar-refractivity contribution in [3.05, 3.63) is 35.9 Å². The van der Waals surface area contributed by atoms with E-state index in [-0.39, 0.29) is 18.9 Å². The van der Waals surface area contributed by atoms with Crippen LogP contribution >= 0.6 is 0 Å². The summed E-state index contributed by atoms with van der Waals surface area (Å²) in [5, 5.41) is 2.58. The molecule has 0 saturated heterocycles. The highest BCUT2D eigenvalue weighted by Crippen LogP contribution is 2.06. The molecule has 0 aliphatic carbocycles. The summed E-state index contributed by atoms with van der Waals surface area (Å²) in [5.41, 5.74) is 0.548. The molecule has 21 heavy (non-hydrogen) atoms. The van der Waals surface area contributed by atoms with Gasteiger partial charge in [0.25, 0.3) is 0 Å². The van der Waals surface area contributed by atoms with Crippen molar-refractivity contribution in [2.24, 2.45) is 0 Å². The molecular weight excluding hydrogens is 268 g/mol. The fraction of sp³-hybridized carbons (Fsp3) is 0.500. The van der Waals surface area contributed by atoms with Gasteiger partial charge in [0.15, 0.2) is 0 Å². The quantitative estimate of drug-likeness (QED) is 0.907. The number of alkyl carbamates (subject to hydrolysis) is 1. The fourth-order valence-electron chi connectivity index (χ4n) is 1.72. The number of ether oxygens (including phenoxy) is 1. The van der Waals surface area contributed by atoms with Crippen molar-refractivity contribution in [1.82, 2.24) is 10.2 Å². The molecule has 116 valence electrons. The summed E-state index contributed by atoms with van der Waals surface area (Å²) in [4.78, 5) is 25.0. The Kier molecular flexibility index (Phi) is 6.21. The summed E-state index contributed by atoms with van der Waals surface area (Å²) >= 11 is 0. The van der Waals surface area contributed by atoms with Crippen molar-refractivity contribution in [3.8, 4) is 0 Å². The number of carbonyl (C=O) groups is 2. The van der Waals surface area contributed by atoms with Gasteiger partial charge in [0, 0.05) is 26.6 Å². The van der Waals surface area contributed by atoms with Crippen LogP contribution in [-0.2, 0) is 16.1 Å². The molecule has 5 heteroatoms. The first-order chi connectivity index (χ1) is 9.78. The lowest BCUT2D eigenvalue weighted by Crippen LogP contribution is -2.35. The minimum atomic E-state index is -0.530. The second-order valence-electron chi connectivity index (χ2n) is 5.91. The first-order valence-corrected chi connectivity index (χ1v) is 7.02. The number of carbonyl (C=O) groups excluding carboxylic acids is 2. The molecule has 5 nitrogen and oxygen atoms in total. The molecule has 0 atom stereocenters. The molecule has 2 amide bonds. The maximum Gasteiger partial charge on any atom is 0.407 e. The van der Waals surface area contributed by atoms with Gasteiger partial charge in [-0.2, -0.15) is 0 Å². The van der Waals surface area contributed by atoms with Crippen LogP contribution in [0.3, 0.4) is 0 Å². The van der Waals surface area contributed by atoms with Crippen molar-refractivity contribution in [2.75, 3.05) is 13.6 Å². The van der Waals surface area contributed by atoms with Gasteiger partial charge in [-0.05, 0) is 26.3 Å². The van der Waals surface area contributed by atoms with E-state index in [0.29, 0.717) is 6.54 Å². The normalized spacial score (nSPS) is 10.9. The van der Waals surface area contributed by atoms with Crippen LogP contribution in [0.1, 0.15) is 32.8 Å². The van der Waals surface area contributed by atoms with Crippen molar-refractivity contribution in [2.45, 2.75) is 39.3 Å². The standard InChI is InChI=1S/C16H24N2O3/c1-16(2,3)21-15(20)17-11-10-14(19)18(4)12-13-8-6-5-7-9-13/h5-9H,10-12H2,1-4H3,(H,17,20). The van der Waals surface area contributed by atoms with E-state index in [9.17, 15) is 9.59 Å². The van der Waals surface area contributed by atoms with Crippen LogP contribution in [0.25, 0.3) is 0 Å². The largest absolute Gasteiger partial charge is 0.444 e. The maximum absolute atomic E-state index is 11.9. The molecule has 0 saturated carbocycles. The van der Waals surface area contributed by atoms with Gasteiger partial charge >= 0.3 is 6.09 Å². The predicted molar refractivity (Wildman–Crippen MR) is 81.8 cm³/mol. The maximum atomic E-state index is 11.9. The van der Waals surface area contributed by atoms with Gasteiger partial charge < -0.3 is 15.0 Å². The van der Waals surface area contributed by atoms with E-state index in [1.165, 1.54) is 0 Å². The zero-order valence-electron chi connectivity index (χ0n) is 13.2. The first kappa shape index (κ1) is 17.0. The van der Waals surface area contributed by atoms with Crippen LogP contribution in [0, 0.1) is 0 Å². The third-order valence-electron chi connectivity index (χ3n) is 2.70. The number of amides is 2. The Balaban J connectivity index is 2.29. The van der Waals surface area contributed by atoms with Crippen molar-refractivity contribution >= 4 is 12.0 Å². The van der Waals surface area contributed by atoms with Gasteiger partial charge in [0.2, 0.25) is 5.91 Å². The molecule has 0 aliphatic rings. The topological polar surface area (TPSA) is 58.6 Å². The molecule has 1 aromatic carbocycles. The van der Waals surface area contributed by atoms with Gasteiger partial charge in [-0.15, -0.1) is 0 Å². The summed E-state index contributed by atoms with van der Waals surface area (Å²) in [6, 6.07) is 9.77. The molecule has 0 aliphatic heterocycles. The van der Waals surface area contributed by atoms with Crippen LogP contribution in [0.5, 0.6) is 0 Å². The Labute approximate surface area is 126 Å².